The smallest absolute Gasteiger partial charge is 0.270 e. The topological polar surface area (TPSA) is 81.9 Å². The zero-order valence-electron chi connectivity index (χ0n) is 24.3. The van der Waals surface area contributed by atoms with Gasteiger partial charge in [0, 0.05) is 12.6 Å². The number of aromatic nitrogens is 4. The van der Waals surface area contributed by atoms with Crippen LogP contribution in [-0.2, 0) is 25.8 Å². The Morgan fingerprint density at radius 1 is 0.860 bits per heavy atom. The number of carbonyl (C=O) groups excluding carboxylic acids is 1. The predicted octanol–water partition coefficient (Wildman–Crippen LogP) is 6.52. The van der Waals surface area contributed by atoms with E-state index in [0.29, 0.717) is 30.9 Å². The number of rotatable bonds is 13. The third-order valence-corrected chi connectivity index (χ3v) is 7.38. The molecule has 1 amide bonds. The molecule has 7 nitrogen and oxygen atoms in total. The van der Waals surface area contributed by atoms with Gasteiger partial charge in [0.2, 0.25) is 0 Å². The van der Waals surface area contributed by atoms with Gasteiger partial charge in [0.25, 0.3) is 5.91 Å². The summed E-state index contributed by atoms with van der Waals surface area (Å²) in [6.07, 6.45) is 7.25. The van der Waals surface area contributed by atoms with Gasteiger partial charge in [-0.3, -0.25) is 9.78 Å². The van der Waals surface area contributed by atoms with E-state index < -0.39 is 6.04 Å². The molecule has 0 saturated heterocycles. The van der Waals surface area contributed by atoms with Gasteiger partial charge in [-0.25, -0.2) is 0 Å². The van der Waals surface area contributed by atoms with Gasteiger partial charge in [0.15, 0.2) is 5.82 Å². The van der Waals surface area contributed by atoms with Crippen LogP contribution >= 0.6 is 0 Å². The molecule has 0 spiro atoms. The number of carbonyl (C=O) groups is 1. The van der Waals surface area contributed by atoms with Crippen LogP contribution in [0.1, 0.15) is 56.0 Å². The average Bonchev–Trinajstić information content (AvgIpc) is 3.46. The summed E-state index contributed by atoms with van der Waals surface area (Å²) < 4.78 is 7.49. The molecule has 1 N–H and O–H groups in total. The highest BCUT2D eigenvalue weighted by molar-refractivity contribution is 5.92. The average molecular weight is 570 g/mol. The third kappa shape index (κ3) is 7.32. The van der Waals surface area contributed by atoms with Gasteiger partial charge in [-0.2, -0.15) is 0 Å². The number of methoxy groups -OCH3 is 1. The molecule has 2 aromatic heterocycles. The number of amides is 1. The Kier molecular flexibility index (Phi) is 9.54. The van der Waals surface area contributed by atoms with E-state index >= 15 is 0 Å². The fraction of sp³-hybridized carbons (Fsp3) is 0.167. The molecule has 0 aliphatic heterocycles. The SMILES string of the molecule is C=Cc1ccc(C[C@@H](NC(=O)c2ccccn2)c2nnc(CCc3ccccc3)n2Cc2ccc(OC)cc2)cc1C=C. The van der Waals surface area contributed by atoms with Crippen molar-refractivity contribution in [2.24, 2.45) is 0 Å². The molecule has 2 heterocycles. The van der Waals surface area contributed by atoms with Crippen molar-refractivity contribution in [2.75, 3.05) is 7.11 Å². The number of hydrogen-bond acceptors (Lipinski definition) is 5. The second kappa shape index (κ2) is 14.0. The number of nitrogens with one attached hydrogen (secondary N) is 1. The van der Waals surface area contributed by atoms with E-state index in [4.69, 9.17) is 9.84 Å². The molecule has 5 aromatic rings. The Bertz CT molecular complexity index is 1680. The molecule has 0 saturated carbocycles. The predicted molar refractivity (Wildman–Crippen MR) is 171 cm³/mol. The molecular formula is C36H35N5O2. The number of pyridine rings is 1. The molecule has 5 rings (SSSR count). The van der Waals surface area contributed by atoms with Gasteiger partial charge >= 0.3 is 0 Å². The molecule has 1 atom stereocenters. The lowest BCUT2D eigenvalue weighted by Gasteiger charge is -2.21. The Morgan fingerprint density at radius 2 is 1.60 bits per heavy atom. The summed E-state index contributed by atoms with van der Waals surface area (Å²) in [4.78, 5) is 17.7. The van der Waals surface area contributed by atoms with Crippen LogP contribution in [0.3, 0.4) is 0 Å². The van der Waals surface area contributed by atoms with Crippen molar-refractivity contribution in [3.05, 3.63) is 156 Å². The number of hydrogen-bond donors (Lipinski definition) is 1. The first-order valence-corrected chi connectivity index (χ1v) is 14.3. The van der Waals surface area contributed by atoms with Gasteiger partial charge < -0.3 is 14.6 Å². The molecule has 0 bridgehead atoms. The fourth-order valence-electron chi connectivity index (χ4n) is 5.06. The van der Waals surface area contributed by atoms with Crippen molar-refractivity contribution in [3.8, 4) is 5.75 Å². The summed E-state index contributed by atoms with van der Waals surface area (Å²) in [7, 11) is 1.66. The van der Waals surface area contributed by atoms with Crippen LogP contribution in [0, 0.1) is 0 Å². The van der Waals surface area contributed by atoms with Crippen LogP contribution in [0.25, 0.3) is 12.2 Å². The maximum atomic E-state index is 13.4. The first kappa shape index (κ1) is 29.2. The van der Waals surface area contributed by atoms with E-state index in [0.717, 1.165) is 40.2 Å². The molecule has 43 heavy (non-hydrogen) atoms. The molecule has 3 aromatic carbocycles. The summed E-state index contributed by atoms with van der Waals surface area (Å²) in [5.41, 5.74) is 5.64. The summed E-state index contributed by atoms with van der Waals surface area (Å²) in [5.74, 6) is 2.04. The fourth-order valence-corrected chi connectivity index (χ4v) is 5.06. The third-order valence-electron chi connectivity index (χ3n) is 7.38. The Labute approximate surface area is 252 Å². The van der Waals surface area contributed by atoms with Crippen LogP contribution in [0.4, 0.5) is 0 Å². The van der Waals surface area contributed by atoms with Crippen molar-refractivity contribution in [3.63, 3.8) is 0 Å². The number of aryl methyl sites for hydroxylation is 2. The second-order valence-corrected chi connectivity index (χ2v) is 10.2. The summed E-state index contributed by atoms with van der Waals surface area (Å²) in [6, 6.07) is 29.3. The number of benzene rings is 3. The summed E-state index contributed by atoms with van der Waals surface area (Å²) >= 11 is 0. The van der Waals surface area contributed by atoms with Gasteiger partial charge in [0.05, 0.1) is 19.7 Å². The van der Waals surface area contributed by atoms with E-state index in [1.165, 1.54) is 5.56 Å². The van der Waals surface area contributed by atoms with Crippen LogP contribution in [0.2, 0.25) is 0 Å². The highest BCUT2D eigenvalue weighted by Crippen LogP contribution is 2.24. The molecule has 0 radical (unpaired) electrons. The van der Waals surface area contributed by atoms with E-state index in [1.807, 2.05) is 66.7 Å². The maximum absolute atomic E-state index is 13.4. The van der Waals surface area contributed by atoms with Crippen molar-refractivity contribution in [1.82, 2.24) is 25.1 Å². The highest BCUT2D eigenvalue weighted by Gasteiger charge is 2.25. The monoisotopic (exact) mass is 569 g/mol. The van der Waals surface area contributed by atoms with Gasteiger partial charge in [-0.1, -0.05) is 92.0 Å². The highest BCUT2D eigenvalue weighted by atomic mass is 16.5. The number of ether oxygens (including phenoxy) is 1. The van der Waals surface area contributed by atoms with Crippen molar-refractivity contribution in [1.29, 1.82) is 0 Å². The molecular weight excluding hydrogens is 534 g/mol. The minimum atomic E-state index is -0.474. The normalized spacial score (nSPS) is 11.5. The van der Waals surface area contributed by atoms with Crippen molar-refractivity contribution < 1.29 is 9.53 Å². The molecule has 0 fully saturated rings. The van der Waals surface area contributed by atoms with Crippen LogP contribution < -0.4 is 10.1 Å². The van der Waals surface area contributed by atoms with Crippen LogP contribution in [0.15, 0.2) is 110 Å². The first-order chi connectivity index (χ1) is 21.1. The van der Waals surface area contributed by atoms with Gasteiger partial charge in [0.1, 0.15) is 17.3 Å². The molecule has 0 unspecified atom stereocenters. The minimum absolute atomic E-state index is 0.276. The lowest BCUT2D eigenvalue weighted by atomic mass is 9.98. The Balaban J connectivity index is 1.54. The van der Waals surface area contributed by atoms with Crippen LogP contribution in [0.5, 0.6) is 5.75 Å². The second-order valence-electron chi connectivity index (χ2n) is 10.2. The minimum Gasteiger partial charge on any atom is -0.497 e. The Hall–Kier alpha value is -5.30. The van der Waals surface area contributed by atoms with E-state index in [9.17, 15) is 4.79 Å². The summed E-state index contributed by atoms with van der Waals surface area (Å²) in [5, 5.41) is 12.6. The zero-order valence-corrected chi connectivity index (χ0v) is 24.3. The molecule has 7 heteroatoms. The van der Waals surface area contributed by atoms with E-state index in [1.54, 1.807) is 31.5 Å². The standard InChI is InChI=1S/C36H35N5O2/c1-4-29-18-14-28(23-30(29)5-2)24-33(38-36(42)32-13-9-10-22-37-32)35-40-39-34(21-17-26-11-7-6-8-12-26)41(35)25-27-15-19-31(43-3)20-16-27/h4-16,18-20,22-23,33H,1-2,17,21,24-25H2,3H3,(H,38,42)/t33-/m1/s1. The number of nitrogens with zero attached hydrogens (tertiary/aromatic N) is 4. The summed E-state index contributed by atoms with van der Waals surface area (Å²) in [6.45, 7) is 8.42. The van der Waals surface area contributed by atoms with E-state index in [-0.39, 0.29) is 5.91 Å². The molecule has 0 aliphatic rings. The van der Waals surface area contributed by atoms with Crippen LogP contribution in [-0.4, -0.2) is 32.8 Å². The Morgan fingerprint density at radius 3 is 2.30 bits per heavy atom. The zero-order chi connectivity index (χ0) is 30.0. The molecule has 216 valence electrons. The van der Waals surface area contributed by atoms with Gasteiger partial charge in [-0.05, 0) is 64.9 Å². The van der Waals surface area contributed by atoms with Crippen molar-refractivity contribution >= 4 is 18.1 Å². The maximum Gasteiger partial charge on any atom is 0.270 e. The molecule has 0 aliphatic carbocycles. The first-order valence-electron chi connectivity index (χ1n) is 14.3. The largest absolute Gasteiger partial charge is 0.497 e. The lowest BCUT2D eigenvalue weighted by Crippen LogP contribution is -2.33. The van der Waals surface area contributed by atoms with Crippen molar-refractivity contribution in [2.45, 2.75) is 31.8 Å². The van der Waals surface area contributed by atoms with E-state index in [2.05, 4.69) is 51.3 Å². The van der Waals surface area contributed by atoms with Gasteiger partial charge in [-0.15, -0.1) is 10.2 Å². The lowest BCUT2D eigenvalue weighted by molar-refractivity contribution is 0.0929. The quantitative estimate of drug-likeness (QED) is 0.175.